The van der Waals surface area contributed by atoms with Crippen molar-refractivity contribution in [2.45, 2.75) is 50.2 Å². The van der Waals surface area contributed by atoms with E-state index in [1.807, 2.05) is 11.8 Å². The van der Waals surface area contributed by atoms with Crippen molar-refractivity contribution in [2.24, 2.45) is 11.8 Å². The zero-order valence-electron chi connectivity index (χ0n) is 12.0. The van der Waals surface area contributed by atoms with E-state index in [0.717, 1.165) is 51.1 Å². The summed E-state index contributed by atoms with van der Waals surface area (Å²) in [7, 11) is 0. The number of piperidine rings is 1. The Labute approximate surface area is 120 Å². The molecule has 3 aliphatic heterocycles. The third-order valence-electron chi connectivity index (χ3n) is 5.56. The van der Waals surface area contributed by atoms with Gasteiger partial charge in [-0.15, -0.1) is 0 Å². The first kappa shape index (κ1) is 14.2. The number of ether oxygens (including phenoxy) is 1. The smallest absolute Gasteiger partial charge is 0.0784 e. The Bertz CT molecular complexity index is 319. The molecule has 0 aromatic heterocycles. The Morgan fingerprint density at radius 3 is 3.05 bits per heavy atom. The molecular weight excluding hydrogens is 258 g/mol. The lowest BCUT2D eigenvalue weighted by Gasteiger charge is -2.50. The van der Waals surface area contributed by atoms with Crippen molar-refractivity contribution in [1.29, 1.82) is 0 Å². The Hall–Kier alpha value is 0.230. The molecule has 3 saturated heterocycles. The van der Waals surface area contributed by atoms with Crippen molar-refractivity contribution < 1.29 is 9.84 Å². The van der Waals surface area contributed by atoms with Gasteiger partial charge in [0.2, 0.25) is 0 Å². The number of aliphatic hydroxyl groups is 1. The summed E-state index contributed by atoms with van der Waals surface area (Å²) in [6, 6.07) is 0. The van der Waals surface area contributed by atoms with Crippen LogP contribution in [0.2, 0.25) is 0 Å². The summed E-state index contributed by atoms with van der Waals surface area (Å²) in [6.07, 6.45) is 5.29. The molecule has 4 unspecified atom stereocenters. The molecule has 4 atom stereocenters. The molecule has 110 valence electrons. The summed E-state index contributed by atoms with van der Waals surface area (Å²) >= 11 is 2.01. The lowest BCUT2D eigenvalue weighted by atomic mass is 9.66. The largest absolute Gasteiger partial charge is 0.389 e. The molecule has 0 amide bonds. The molecule has 0 bridgehead atoms. The molecule has 0 aromatic rings. The number of hydrogen-bond donors (Lipinski definition) is 2. The van der Waals surface area contributed by atoms with Gasteiger partial charge < -0.3 is 15.2 Å². The fourth-order valence-corrected chi connectivity index (χ4v) is 5.68. The minimum absolute atomic E-state index is 0.0898. The van der Waals surface area contributed by atoms with Gasteiger partial charge in [-0.3, -0.25) is 0 Å². The van der Waals surface area contributed by atoms with Crippen LogP contribution < -0.4 is 5.32 Å². The highest BCUT2D eigenvalue weighted by Crippen LogP contribution is 2.47. The molecule has 2 N–H and O–H groups in total. The molecule has 3 rings (SSSR count). The minimum Gasteiger partial charge on any atom is -0.389 e. The second kappa shape index (κ2) is 5.55. The number of hydrogen-bond acceptors (Lipinski definition) is 4. The Morgan fingerprint density at radius 2 is 2.32 bits per heavy atom. The molecule has 0 radical (unpaired) electrons. The van der Waals surface area contributed by atoms with Gasteiger partial charge in [0.1, 0.15) is 0 Å². The van der Waals surface area contributed by atoms with Crippen LogP contribution in [-0.2, 0) is 4.74 Å². The summed E-state index contributed by atoms with van der Waals surface area (Å²) < 4.78 is 6.11. The van der Waals surface area contributed by atoms with E-state index in [1.54, 1.807) is 0 Å². The molecule has 3 fully saturated rings. The molecule has 0 aliphatic carbocycles. The fraction of sp³-hybridized carbons (Fsp3) is 1.00. The standard InChI is InChI=1S/C15H27NO2S/c1-2-12-10-16-6-4-15(12,17)13-3-7-18-14(9-13)5-8-19-11-14/h12-13,16-17H,2-11H2,1H3. The van der Waals surface area contributed by atoms with Gasteiger partial charge in [-0.25, -0.2) is 0 Å². The van der Waals surface area contributed by atoms with Crippen molar-refractivity contribution in [3.8, 4) is 0 Å². The number of nitrogens with one attached hydrogen (secondary N) is 1. The Kier molecular flexibility index (Phi) is 4.14. The maximum atomic E-state index is 11.3. The number of rotatable bonds is 2. The lowest BCUT2D eigenvalue weighted by molar-refractivity contribution is -0.159. The first-order valence-electron chi connectivity index (χ1n) is 7.83. The monoisotopic (exact) mass is 285 g/mol. The topological polar surface area (TPSA) is 41.5 Å². The fourth-order valence-electron chi connectivity index (χ4n) is 4.30. The summed E-state index contributed by atoms with van der Waals surface area (Å²) in [5, 5.41) is 14.7. The van der Waals surface area contributed by atoms with E-state index in [4.69, 9.17) is 4.74 Å². The SMILES string of the molecule is CCC1CNCCC1(O)C1CCOC2(CCSC2)C1. The van der Waals surface area contributed by atoms with Crippen LogP contribution in [0.5, 0.6) is 0 Å². The maximum Gasteiger partial charge on any atom is 0.0784 e. The highest BCUT2D eigenvalue weighted by atomic mass is 32.2. The van der Waals surface area contributed by atoms with Crippen molar-refractivity contribution in [2.75, 3.05) is 31.2 Å². The predicted molar refractivity (Wildman–Crippen MR) is 79.6 cm³/mol. The molecule has 1 spiro atoms. The van der Waals surface area contributed by atoms with Gasteiger partial charge in [0.05, 0.1) is 11.2 Å². The first-order chi connectivity index (χ1) is 9.19. The van der Waals surface area contributed by atoms with Crippen LogP contribution in [0.4, 0.5) is 0 Å². The molecule has 0 aromatic carbocycles. The lowest BCUT2D eigenvalue weighted by Crippen LogP contribution is -2.57. The van der Waals surface area contributed by atoms with Crippen LogP contribution in [-0.4, -0.2) is 47.5 Å². The third-order valence-corrected chi connectivity index (χ3v) is 6.78. The molecule has 4 heteroatoms. The van der Waals surface area contributed by atoms with Gasteiger partial charge in [-0.05, 0) is 50.3 Å². The predicted octanol–water partition coefficient (Wildman–Crippen LogP) is 2.04. The molecule has 19 heavy (non-hydrogen) atoms. The summed E-state index contributed by atoms with van der Waals surface area (Å²) in [5.74, 6) is 3.21. The van der Waals surface area contributed by atoms with Crippen molar-refractivity contribution in [1.82, 2.24) is 5.32 Å². The normalized spacial score (nSPS) is 47.7. The van der Waals surface area contributed by atoms with Gasteiger partial charge in [0.15, 0.2) is 0 Å². The average molecular weight is 285 g/mol. The minimum atomic E-state index is -0.454. The number of thioether (sulfide) groups is 1. The van der Waals surface area contributed by atoms with Gasteiger partial charge in [-0.1, -0.05) is 6.92 Å². The van der Waals surface area contributed by atoms with Gasteiger partial charge in [0, 0.05) is 24.8 Å². The van der Waals surface area contributed by atoms with Gasteiger partial charge in [-0.2, -0.15) is 11.8 Å². The van der Waals surface area contributed by atoms with Crippen LogP contribution in [0.3, 0.4) is 0 Å². The Morgan fingerprint density at radius 1 is 1.42 bits per heavy atom. The van der Waals surface area contributed by atoms with E-state index in [2.05, 4.69) is 12.2 Å². The second-order valence-electron chi connectivity index (χ2n) is 6.57. The molecule has 0 saturated carbocycles. The van der Waals surface area contributed by atoms with Crippen LogP contribution >= 0.6 is 11.8 Å². The molecule has 3 heterocycles. The zero-order valence-corrected chi connectivity index (χ0v) is 12.8. The van der Waals surface area contributed by atoms with E-state index in [-0.39, 0.29) is 5.60 Å². The highest BCUT2D eigenvalue weighted by Gasteiger charge is 2.50. The van der Waals surface area contributed by atoms with E-state index >= 15 is 0 Å². The van der Waals surface area contributed by atoms with Crippen LogP contribution in [0.1, 0.15) is 39.0 Å². The Balaban J connectivity index is 1.76. The van der Waals surface area contributed by atoms with Crippen LogP contribution in [0.15, 0.2) is 0 Å². The quantitative estimate of drug-likeness (QED) is 0.815. The maximum absolute atomic E-state index is 11.3. The van der Waals surface area contributed by atoms with Crippen LogP contribution in [0, 0.1) is 11.8 Å². The van der Waals surface area contributed by atoms with Crippen molar-refractivity contribution in [3.05, 3.63) is 0 Å². The average Bonchev–Trinajstić information content (AvgIpc) is 2.87. The van der Waals surface area contributed by atoms with Crippen molar-refractivity contribution in [3.63, 3.8) is 0 Å². The molecule has 3 aliphatic rings. The summed E-state index contributed by atoms with van der Waals surface area (Å²) in [4.78, 5) is 0. The third kappa shape index (κ3) is 2.57. The highest BCUT2D eigenvalue weighted by molar-refractivity contribution is 7.99. The molecule has 3 nitrogen and oxygen atoms in total. The van der Waals surface area contributed by atoms with E-state index in [1.165, 1.54) is 12.2 Å². The van der Waals surface area contributed by atoms with E-state index < -0.39 is 5.60 Å². The van der Waals surface area contributed by atoms with Crippen LogP contribution in [0.25, 0.3) is 0 Å². The second-order valence-corrected chi connectivity index (χ2v) is 7.68. The van der Waals surface area contributed by atoms with E-state index in [0.29, 0.717) is 11.8 Å². The first-order valence-corrected chi connectivity index (χ1v) is 8.99. The van der Waals surface area contributed by atoms with Gasteiger partial charge in [0.25, 0.3) is 0 Å². The van der Waals surface area contributed by atoms with E-state index in [9.17, 15) is 5.11 Å². The van der Waals surface area contributed by atoms with Crippen molar-refractivity contribution >= 4 is 11.8 Å². The zero-order chi connectivity index (χ0) is 13.3. The molecular formula is C15H27NO2S. The van der Waals surface area contributed by atoms with Gasteiger partial charge >= 0.3 is 0 Å². The summed E-state index contributed by atoms with van der Waals surface area (Å²) in [6.45, 7) is 5.00. The summed E-state index contributed by atoms with van der Waals surface area (Å²) in [5.41, 5.74) is -0.365.